The van der Waals surface area contributed by atoms with E-state index in [0.717, 1.165) is 29.2 Å². The molecule has 1 aromatic carbocycles. The number of carbonyl (C=O) groups is 1. The van der Waals surface area contributed by atoms with Crippen molar-refractivity contribution < 1.29 is 19.4 Å². The van der Waals surface area contributed by atoms with Crippen LogP contribution in [0.25, 0.3) is 0 Å². The number of benzene rings is 1. The van der Waals surface area contributed by atoms with E-state index in [1.165, 1.54) is 0 Å². The lowest BCUT2D eigenvalue weighted by Gasteiger charge is -2.22. The molecule has 122 valence electrons. The number of hydrogen-bond acceptors (Lipinski definition) is 4. The fraction of sp³-hybridized carbons (Fsp3) is 0.588. The Hall–Kier alpha value is -1.75. The van der Waals surface area contributed by atoms with Crippen LogP contribution in [0.15, 0.2) is 12.1 Å². The monoisotopic (exact) mass is 307 g/mol. The molecule has 22 heavy (non-hydrogen) atoms. The predicted octanol–water partition coefficient (Wildman–Crippen LogP) is 2.55. The highest BCUT2D eigenvalue weighted by molar-refractivity contribution is 5.71. The Kier molecular flexibility index (Phi) is 4.66. The molecule has 0 bridgehead atoms. The molecule has 5 heteroatoms. The van der Waals surface area contributed by atoms with Crippen LogP contribution in [0, 0.1) is 18.3 Å². The number of ether oxygens (including phenoxy) is 2. The van der Waals surface area contributed by atoms with Crippen molar-refractivity contribution in [3.63, 3.8) is 0 Å². The van der Waals surface area contributed by atoms with Gasteiger partial charge >= 0.3 is 5.97 Å². The summed E-state index contributed by atoms with van der Waals surface area (Å²) in [6, 6.07) is 4.00. The van der Waals surface area contributed by atoms with Gasteiger partial charge in [0.15, 0.2) is 0 Å². The van der Waals surface area contributed by atoms with E-state index >= 15 is 0 Å². The Bertz CT molecular complexity index is 543. The maximum absolute atomic E-state index is 11.4. The SMILES string of the molecule is COc1cc(CN2CC(C(=O)O)C(C)(C)C2)cc(OC)c1C. The third-order valence-electron chi connectivity index (χ3n) is 4.53. The lowest BCUT2D eigenvalue weighted by Crippen LogP contribution is -2.28. The molecule has 1 aliphatic heterocycles. The maximum atomic E-state index is 11.4. The van der Waals surface area contributed by atoms with Gasteiger partial charge in [0, 0.05) is 25.2 Å². The molecule has 1 heterocycles. The van der Waals surface area contributed by atoms with Gasteiger partial charge in [-0.05, 0) is 30.0 Å². The third-order valence-corrected chi connectivity index (χ3v) is 4.53. The molecule has 0 amide bonds. The zero-order valence-electron chi connectivity index (χ0n) is 14.0. The largest absolute Gasteiger partial charge is 0.496 e. The average Bonchev–Trinajstić information content (AvgIpc) is 2.75. The molecule has 2 rings (SSSR count). The van der Waals surface area contributed by atoms with E-state index < -0.39 is 5.97 Å². The summed E-state index contributed by atoms with van der Waals surface area (Å²) in [7, 11) is 3.29. The molecule has 1 N–H and O–H groups in total. The molecule has 0 saturated carbocycles. The highest BCUT2D eigenvalue weighted by Crippen LogP contribution is 2.37. The summed E-state index contributed by atoms with van der Waals surface area (Å²) in [4.78, 5) is 13.6. The van der Waals surface area contributed by atoms with Crippen LogP contribution in [-0.2, 0) is 11.3 Å². The fourth-order valence-corrected chi connectivity index (χ4v) is 3.28. The number of carboxylic acid groups (broad SMARTS) is 1. The zero-order valence-corrected chi connectivity index (χ0v) is 14.0. The van der Waals surface area contributed by atoms with Crippen molar-refractivity contribution in [3.8, 4) is 11.5 Å². The predicted molar refractivity (Wildman–Crippen MR) is 84.5 cm³/mol. The van der Waals surface area contributed by atoms with Crippen LogP contribution in [0.2, 0.25) is 0 Å². The Morgan fingerprint density at radius 1 is 1.32 bits per heavy atom. The number of nitrogens with zero attached hydrogens (tertiary/aromatic N) is 1. The summed E-state index contributed by atoms with van der Waals surface area (Å²) < 4.78 is 10.8. The zero-order chi connectivity index (χ0) is 16.5. The van der Waals surface area contributed by atoms with Crippen LogP contribution in [-0.4, -0.2) is 43.3 Å². The van der Waals surface area contributed by atoms with Crippen molar-refractivity contribution in [1.29, 1.82) is 0 Å². The molecular formula is C17H25NO4. The highest BCUT2D eigenvalue weighted by Gasteiger charge is 2.43. The number of methoxy groups -OCH3 is 2. The Morgan fingerprint density at radius 3 is 2.27 bits per heavy atom. The number of carboxylic acids is 1. The van der Waals surface area contributed by atoms with Gasteiger partial charge in [-0.3, -0.25) is 9.69 Å². The van der Waals surface area contributed by atoms with E-state index in [1.807, 2.05) is 32.9 Å². The van der Waals surface area contributed by atoms with Crippen molar-refractivity contribution >= 4 is 5.97 Å². The molecule has 0 aromatic heterocycles. The topological polar surface area (TPSA) is 59.0 Å². The molecule has 0 aliphatic carbocycles. The maximum Gasteiger partial charge on any atom is 0.308 e. The van der Waals surface area contributed by atoms with Crippen molar-refractivity contribution in [2.45, 2.75) is 27.3 Å². The smallest absolute Gasteiger partial charge is 0.308 e. The van der Waals surface area contributed by atoms with Crippen molar-refractivity contribution in [2.75, 3.05) is 27.3 Å². The number of rotatable bonds is 5. The van der Waals surface area contributed by atoms with Crippen LogP contribution in [0.1, 0.15) is 25.0 Å². The third kappa shape index (κ3) is 3.19. The van der Waals surface area contributed by atoms with Gasteiger partial charge in [0.05, 0.1) is 20.1 Å². The van der Waals surface area contributed by atoms with Gasteiger partial charge in [0.2, 0.25) is 0 Å². The van der Waals surface area contributed by atoms with Gasteiger partial charge in [-0.2, -0.15) is 0 Å². The van der Waals surface area contributed by atoms with Gasteiger partial charge < -0.3 is 14.6 Å². The molecule has 1 saturated heterocycles. The highest BCUT2D eigenvalue weighted by atomic mass is 16.5. The Labute approximate surface area is 131 Å². The Morgan fingerprint density at radius 2 is 1.86 bits per heavy atom. The summed E-state index contributed by atoms with van der Waals surface area (Å²) in [5, 5.41) is 9.37. The van der Waals surface area contributed by atoms with Crippen LogP contribution in [0.5, 0.6) is 11.5 Å². The summed E-state index contributed by atoms with van der Waals surface area (Å²) in [6.45, 7) is 8.02. The van der Waals surface area contributed by atoms with Gasteiger partial charge in [0.1, 0.15) is 11.5 Å². The van der Waals surface area contributed by atoms with E-state index in [4.69, 9.17) is 9.47 Å². The summed E-state index contributed by atoms with van der Waals surface area (Å²) in [6.07, 6.45) is 0. The first-order chi connectivity index (χ1) is 10.3. The Balaban J connectivity index is 2.20. The molecule has 1 aromatic rings. The standard InChI is InChI=1S/C17H25NO4/c1-11-14(21-4)6-12(7-15(11)22-5)8-18-9-13(16(19)20)17(2,3)10-18/h6-7,13H,8-10H2,1-5H3,(H,19,20). The molecule has 0 spiro atoms. The minimum absolute atomic E-state index is 0.218. The van der Waals surface area contributed by atoms with Crippen molar-refractivity contribution in [1.82, 2.24) is 4.90 Å². The van der Waals surface area contributed by atoms with Crippen LogP contribution < -0.4 is 9.47 Å². The minimum Gasteiger partial charge on any atom is -0.496 e. The van der Waals surface area contributed by atoms with E-state index in [-0.39, 0.29) is 11.3 Å². The number of likely N-dealkylation sites (tertiary alicyclic amines) is 1. The van der Waals surface area contributed by atoms with E-state index in [9.17, 15) is 9.90 Å². The second kappa shape index (κ2) is 6.16. The lowest BCUT2D eigenvalue weighted by molar-refractivity contribution is -0.144. The summed E-state index contributed by atoms with van der Waals surface area (Å²) >= 11 is 0. The second-order valence-corrected chi connectivity index (χ2v) is 6.67. The van der Waals surface area contributed by atoms with Crippen molar-refractivity contribution in [2.24, 2.45) is 11.3 Å². The molecule has 1 atom stereocenters. The molecule has 0 radical (unpaired) electrons. The first-order valence-corrected chi connectivity index (χ1v) is 7.45. The lowest BCUT2D eigenvalue weighted by atomic mass is 9.82. The summed E-state index contributed by atoms with van der Waals surface area (Å²) in [5.74, 6) is 0.540. The van der Waals surface area contributed by atoms with E-state index in [1.54, 1.807) is 14.2 Å². The first kappa shape index (κ1) is 16.6. The van der Waals surface area contributed by atoms with E-state index in [0.29, 0.717) is 13.1 Å². The van der Waals surface area contributed by atoms with Gasteiger partial charge in [-0.1, -0.05) is 13.8 Å². The van der Waals surface area contributed by atoms with Crippen LogP contribution in [0.4, 0.5) is 0 Å². The molecular weight excluding hydrogens is 282 g/mol. The number of aliphatic carboxylic acids is 1. The quantitative estimate of drug-likeness (QED) is 0.906. The van der Waals surface area contributed by atoms with Gasteiger partial charge in [-0.25, -0.2) is 0 Å². The molecule has 1 aliphatic rings. The van der Waals surface area contributed by atoms with Crippen LogP contribution in [0.3, 0.4) is 0 Å². The number of hydrogen-bond donors (Lipinski definition) is 1. The average molecular weight is 307 g/mol. The van der Waals surface area contributed by atoms with Gasteiger partial charge in [-0.15, -0.1) is 0 Å². The van der Waals surface area contributed by atoms with E-state index in [2.05, 4.69) is 4.90 Å². The minimum atomic E-state index is -0.716. The first-order valence-electron chi connectivity index (χ1n) is 7.45. The fourth-order valence-electron chi connectivity index (χ4n) is 3.28. The van der Waals surface area contributed by atoms with Crippen molar-refractivity contribution in [3.05, 3.63) is 23.3 Å². The molecule has 1 fully saturated rings. The second-order valence-electron chi connectivity index (χ2n) is 6.67. The van der Waals surface area contributed by atoms with Crippen LogP contribution >= 0.6 is 0 Å². The summed E-state index contributed by atoms with van der Waals surface area (Å²) in [5.41, 5.74) is 1.82. The van der Waals surface area contributed by atoms with Gasteiger partial charge in [0.25, 0.3) is 0 Å². The molecule has 1 unspecified atom stereocenters. The molecule has 5 nitrogen and oxygen atoms in total. The normalized spacial score (nSPS) is 20.9.